The minimum absolute atomic E-state index is 0.604. The van der Waals surface area contributed by atoms with Crippen LogP contribution in [0.3, 0.4) is 0 Å². The second-order valence-electron chi connectivity index (χ2n) is 4.36. The number of aryl methyl sites for hydroxylation is 1. The first kappa shape index (κ1) is 9.71. The number of aromatic nitrogens is 2. The zero-order valence-corrected chi connectivity index (χ0v) is 9.25. The lowest BCUT2D eigenvalue weighted by molar-refractivity contribution is 0.318. The van der Waals surface area contributed by atoms with Gasteiger partial charge in [0.2, 0.25) is 0 Å². The summed E-state index contributed by atoms with van der Waals surface area (Å²) in [6.45, 7) is 7.56. The topological polar surface area (TPSA) is 29.9 Å². The molecule has 1 saturated heterocycles. The van der Waals surface area contributed by atoms with Crippen LogP contribution in [-0.4, -0.2) is 22.1 Å². The quantitative estimate of drug-likeness (QED) is 0.737. The van der Waals surface area contributed by atoms with Crippen LogP contribution in [0.4, 0.5) is 0 Å². The van der Waals surface area contributed by atoms with E-state index in [1.54, 1.807) is 0 Å². The van der Waals surface area contributed by atoms with Crippen molar-refractivity contribution >= 4 is 0 Å². The van der Waals surface area contributed by atoms with Gasteiger partial charge in [-0.1, -0.05) is 0 Å². The molecule has 0 aliphatic carbocycles. The Morgan fingerprint density at radius 2 is 2.21 bits per heavy atom. The Bertz CT molecular complexity index is 308. The Kier molecular flexibility index (Phi) is 2.59. The zero-order valence-electron chi connectivity index (χ0n) is 9.25. The molecule has 14 heavy (non-hydrogen) atoms. The lowest BCUT2D eigenvalue weighted by atomic mass is 10.0. The van der Waals surface area contributed by atoms with Crippen LogP contribution in [0.25, 0.3) is 0 Å². The Hall–Kier alpha value is -0.830. The third kappa shape index (κ3) is 1.69. The normalized spacial score (nSPS) is 27.9. The van der Waals surface area contributed by atoms with E-state index in [2.05, 4.69) is 35.6 Å². The first-order valence-corrected chi connectivity index (χ1v) is 5.42. The first-order valence-electron chi connectivity index (χ1n) is 5.42. The van der Waals surface area contributed by atoms with Crippen molar-refractivity contribution in [2.24, 2.45) is 0 Å². The van der Waals surface area contributed by atoms with Gasteiger partial charge in [-0.05, 0) is 33.6 Å². The van der Waals surface area contributed by atoms with E-state index < -0.39 is 0 Å². The number of nitrogens with one attached hydrogen (secondary N) is 1. The van der Waals surface area contributed by atoms with E-state index in [0.717, 1.165) is 12.2 Å². The minimum atomic E-state index is 0.604. The van der Waals surface area contributed by atoms with E-state index in [9.17, 15) is 0 Å². The lowest BCUT2D eigenvalue weighted by Gasteiger charge is -2.29. The van der Waals surface area contributed by atoms with Crippen LogP contribution in [-0.2, 0) is 0 Å². The maximum Gasteiger partial charge on any atom is 0.0954 e. The Morgan fingerprint density at radius 1 is 1.43 bits per heavy atom. The average Bonchev–Trinajstić information content (AvgIpc) is 2.50. The van der Waals surface area contributed by atoms with Crippen molar-refractivity contribution in [2.45, 2.75) is 45.7 Å². The van der Waals surface area contributed by atoms with E-state index in [0.29, 0.717) is 12.1 Å². The van der Waals surface area contributed by atoms with Gasteiger partial charge >= 0.3 is 0 Å². The summed E-state index contributed by atoms with van der Waals surface area (Å²) in [7, 11) is 0. The summed E-state index contributed by atoms with van der Waals surface area (Å²) in [5.74, 6) is 0. The first-order chi connectivity index (χ1) is 6.68. The van der Waals surface area contributed by atoms with Crippen LogP contribution >= 0.6 is 0 Å². The molecule has 0 amide bonds. The predicted molar refractivity (Wildman–Crippen MR) is 57.4 cm³/mol. The standard InChI is InChI=1S/C11H19N3/c1-8-4-5-11(6-12-8)14-7-13-9(2)10(14)3/h7-8,11-12H,4-6H2,1-3H3. The molecule has 0 saturated carbocycles. The SMILES string of the molecule is Cc1ncn(C2CCC(C)NC2)c1C. The Morgan fingerprint density at radius 3 is 2.71 bits per heavy atom. The van der Waals surface area contributed by atoms with Gasteiger partial charge in [0.05, 0.1) is 12.0 Å². The molecule has 1 fully saturated rings. The number of rotatable bonds is 1. The molecular formula is C11H19N3. The lowest BCUT2D eigenvalue weighted by Crippen LogP contribution is -2.38. The highest BCUT2D eigenvalue weighted by molar-refractivity contribution is 5.10. The molecule has 1 aromatic heterocycles. The summed E-state index contributed by atoms with van der Waals surface area (Å²) in [5, 5.41) is 3.52. The molecular weight excluding hydrogens is 174 g/mol. The minimum Gasteiger partial charge on any atom is -0.330 e. The number of nitrogens with zero attached hydrogens (tertiary/aromatic N) is 2. The van der Waals surface area contributed by atoms with E-state index in [-0.39, 0.29) is 0 Å². The van der Waals surface area contributed by atoms with Gasteiger partial charge in [0.15, 0.2) is 0 Å². The molecule has 1 aliphatic rings. The molecule has 1 aliphatic heterocycles. The fourth-order valence-corrected chi connectivity index (χ4v) is 2.10. The smallest absolute Gasteiger partial charge is 0.0954 e. The van der Waals surface area contributed by atoms with E-state index >= 15 is 0 Å². The van der Waals surface area contributed by atoms with Crippen LogP contribution in [0.2, 0.25) is 0 Å². The third-order valence-electron chi connectivity index (χ3n) is 3.31. The molecule has 2 heterocycles. The third-order valence-corrected chi connectivity index (χ3v) is 3.31. The second kappa shape index (κ2) is 3.73. The number of piperidine rings is 1. The fraction of sp³-hybridized carbons (Fsp3) is 0.727. The summed E-state index contributed by atoms with van der Waals surface area (Å²) in [5.41, 5.74) is 2.47. The van der Waals surface area contributed by atoms with Gasteiger partial charge < -0.3 is 9.88 Å². The molecule has 0 aromatic carbocycles. The highest BCUT2D eigenvalue weighted by atomic mass is 15.1. The highest BCUT2D eigenvalue weighted by Crippen LogP contribution is 2.21. The summed E-state index contributed by atoms with van der Waals surface area (Å²) in [6.07, 6.45) is 4.51. The monoisotopic (exact) mass is 193 g/mol. The maximum absolute atomic E-state index is 4.35. The van der Waals surface area contributed by atoms with Gasteiger partial charge in [-0.3, -0.25) is 0 Å². The fourth-order valence-electron chi connectivity index (χ4n) is 2.10. The van der Waals surface area contributed by atoms with Crippen molar-refractivity contribution in [3.05, 3.63) is 17.7 Å². The van der Waals surface area contributed by atoms with Gasteiger partial charge in [-0.2, -0.15) is 0 Å². The van der Waals surface area contributed by atoms with Crippen LogP contribution < -0.4 is 5.32 Å². The molecule has 3 nitrogen and oxygen atoms in total. The van der Waals surface area contributed by atoms with Crippen molar-refractivity contribution in [3.63, 3.8) is 0 Å². The predicted octanol–water partition coefficient (Wildman–Crippen LogP) is 1.81. The Balaban J connectivity index is 2.12. The van der Waals surface area contributed by atoms with E-state index in [1.165, 1.54) is 18.5 Å². The van der Waals surface area contributed by atoms with E-state index in [1.807, 2.05) is 6.33 Å². The van der Waals surface area contributed by atoms with Gasteiger partial charge in [0, 0.05) is 24.3 Å². The van der Waals surface area contributed by atoms with Crippen molar-refractivity contribution in [1.82, 2.24) is 14.9 Å². The van der Waals surface area contributed by atoms with Crippen molar-refractivity contribution in [3.8, 4) is 0 Å². The molecule has 2 rings (SSSR count). The van der Waals surface area contributed by atoms with Crippen LogP contribution in [0.1, 0.15) is 37.2 Å². The maximum atomic E-state index is 4.35. The van der Waals surface area contributed by atoms with Gasteiger partial charge in [0.25, 0.3) is 0 Å². The van der Waals surface area contributed by atoms with Gasteiger partial charge in [-0.25, -0.2) is 4.98 Å². The molecule has 0 spiro atoms. The van der Waals surface area contributed by atoms with Crippen molar-refractivity contribution in [1.29, 1.82) is 0 Å². The summed E-state index contributed by atoms with van der Waals surface area (Å²) in [4.78, 5) is 4.35. The van der Waals surface area contributed by atoms with Gasteiger partial charge in [0.1, 0.15) is 0 Å². The molecule has 1 aromatic rings. The zero-order chi connectivity index (χ0) is 10.1. The molecule has 0 radical (unpaired) electrons. The average molecular weight is 193 g/mol. The van der Waals surface area contributed by atoms with Crippen LogP contribution in [0.5, 0.6) is 0 Å². The second-order valence-corrected chi connectivity index (χ2v) is 4.36. The largest absolute Gasteiger partial charge is 0.330 e. The summed E-state index contributed by atoms with van der Waals surface area (Å²) in [6, 6.07) is 1.28. The number of hydrogen-bond acceptors (Lipinski definition) is 2. The molecule has 0 bridgehead atoms. The number of imidazole rings is 1. The summed E-state index contributed by atoms with van der Waals surface area (Å²) < 4.78 is 2.31. The van der Waals surface area contributed by atoms with Crippen molar-refractivity contribution < 1.29 is 0 Å². The van der Waals surface area contributed by atoms with E-state index in [4.69, 9.17) is 0 Å². The highest BCUT2D eigenvalue weighted by Gasteiger charge is 2.20. The molecule has 78 valence electrons. The Labute approximate surface area is 85.5 Å². The van der Waals surface area contributed by atoms with Crippen LogP contribution in [0, 0.1) is 13.8 Å². The molecule has 1 N–H and O–H groups in total. The molecule has 3 heteroatoms. The molecule has 2 unspecified atom stereocenters. The summed E-state index contributed by atoms with van der Waals surface area (Å²) >= 11 is 0. The van der Waals surface area contributed by atoms with Crippen LogP contribution in [0.15, 0.2) is 6.33 Å². The van der Waals surface area contributed by atoms with Gasteiger partial charge in [-0.15, -0.1) is 0 Å². The molecule has 2 atom stereocenters. The van der Waals surface area contributed by atoms with Crippen molar-refractivity contribution in [2.75, 3.05) is 6.54 Å². The number of hydrogen-bond donors (Lipinski definition) is 1.